The first kappa shape index (κ1) is 23.0. The number of amides is 1. The van der Waals surface area contributed by atoms with Crippen LogP contribution >= 0.6 is 0 Å². The van der Waals surface area contributed by atoms with Crippen molar-refractivity contribution in [2.45, 2.75) is 12.7 Å². The fourth-order valence-electron chi connectivity index (χ4n) is 3.66. The summed E-state index contributed by atoms with van der Waals surface area (Å²) in [6.07, 6.45) is -2.88. The highest BCUT2D eigenvalue weighted by atomic mass is 19.4. The van der Waals surface area contributed by atoms with Gasteiger partial charge in [-0.2, -0.15) is 18.3 Å². The van der Waals surface area contributed by atoms with E-state index in [0.29, 0.717) is 17.0 Å². The highest BCUT2D eigenvalue weighted by Crippen LogP contribution is 2.29. The van der Waals surface area contributed by atoms with Crippen LogP contribution in [0.5, 0.6) is 0 Å². The highest BCUT2D eigenvalue weighted by molar-refractivity contribution is 6.03. The number of hydrogen-bond acceptors (Lipinski definition) is 4. The van der Waals surface area contributed by atoms with Gasteiger partial charge in [0.15, 0.2) is 5.82 Å². The van der Waals surface area contributed by atoms with Gasteiger partial charge in [0.1, 0.15) is 5.69 Å². The number of hydrogen-bond donors (Lipinski definition) is 1. The molecule has 3 aromatic carbocycles. The number of aromatic nitrogens is 5. The van der Waals surface area contributed by atoms with Crippen molar-refractivity contribution in [1.29, 1.82) is 0 Å². The van der Waals surface area contributed by atoms with E-state index in [2.05, 4.69) is 20.7 Å². The fraction of sp³-hybridized carbons (Fsp3) is 0.0769. The van der Waals surface area contributed by atoms with Crippen molar-refractivity contribution >= 4 is 11.7 Å². The van der Waals surface area contributed by atoms with Gasteiger partial charge < -0.3 is 5.32 Å². The van der Waals surface area contributed by atoms with Crippen LogP contribution in [-0.2, 0) is 12.7 Å². The number of carbonyl (C=O) groups excluding carboxylic acids is 1. The van der Waals surface area contributed by atoms with E-state index in [1.165, 1.54) is 23.0 Å². The molecule has 0 saturated heterocycles. The molecular weight excluding hydrogens is 469 g/mol. The third-order valence-electron chi connectivity index (χ3n) is 5.42. The Morgan fingerprint density at radius 2 is 1.56 bits per heavy atom. The summed E-state index contributed by atoms with van der Waals surface area (Å²) in [5.41, 5.74) is 2.41. The monoisotopic (exact) mass is 488 g/mol. The fourth-order valence-corrected chi connectivity index (χ4v) is 3.66. The lowest BCUT2D eigenvalue weighted by molar-refractivity contribution is -0.137. The van der Waals surface area contributed by atoms with E-state index >= 15 is 0 Å². The van der Waals surface area contributed by atoms with E-state index in [9.17, 15) is 18.0 Å². The topological polar surface area (TPSA) is 77.6 Å². The molecule has 180 valence electrons. The Balaban J connectivity index is 1.36. The third-order valence-corrected chi connectivity index (χ3v) is 5.42. The molecule has 0 fully saturated rings. The van der Waals surface area contributed by atoms with Gasteiger partial charge in [-0.15, -0.1) is 5.10 Å². The Morgan fingerprint density at radius 3 is 2.22 bits per heavy atom. The van der Waals surface area contributed by atoms with Gasteiger partial charge in [-0.25, -0.2) is 9.36 Å². The summed E-state index contributed by atoms with van der Waals surface area (Å²) < 4.78 is 41.3. The van der Waals surface area contributed by atoms with Crippen molar-refractivity contribution in [2.24, 2.45) is 0 Å². The average molecular weight is 488 g/mol. The van der Waals surface area contributed by atoms with E-state index < -0.39 is 17.6 Å². The molecule has 36 heavy (non-hydrogen) atoms. The molecule has 0 unspecified atom stereocenters. The van der Waals surface area contributed by atoms with Crippen molar-refractivity contribution in [3.8, 4) is 16.9 Å². The lowest BCUT2D eigenvalue weighted by Gasteiger charge is -2.07. The van der Waals surface area contributed by atoms with Crippen LogP contribution < -0.4 is 5.32 Å². The maximum absolute atomic E-state index is 13.2. The zero-order valence-electron chi connectivity index (χ0n) is 18.7. The second-order valence-corrected chi connectivity index (χ2v) is 7.98. The Labute approximate surface area is 203 Å². The average Bonchev–Trinajstić information content (AvgIpc) is 3.52. The summed E-state index contributed by atoms with van der Waals surface area (Å²) >= 11 is 0. The maximum Gasteiger partial charge on any atom is 0.416 e. The van der Waals surface area contributed by atoms with E-state index in [-0.39, 0.29) is 12.4 Å². The first-order chi connectivity index (χ1) is 17.4. The standard InChI is InChI=1S/C26H19F3N6O/c27-26(28,29)20-13-11-18(12-14-20)16-34-17-24(31-33-34)30-25(36)23-15-22(19-7-3-1-4-8-19)32-35(23)21-9-5-2-6-10-21/h1-15,17H,16H2,(H,30,36). The number of benzene rings is 3. The molecule has 2 aromatic heterocycles. The maximum atomic E-state index is 13.2. The minimum absolute atomic E-state index is 0.196. The predicted octanol–water partition coefficient (Wildman–Crippen LogP) is 5.45. The molecule has 10 heteroatoms. The normalized spacial score (nSPS) is 11.4. The molecule has 2 heterocycles. The lowest BCUT2D eigenvalue weighted by atomic mass is 10.1. The minimum Gasteiger partial charge on any atom is -0.302 e. The molecule has 0 aliphatic carbocycles. The Bertz CT molecular complexity index is 1480. The van der Waals surface area contributed by atoms with Crippen molar-refractivity contribution in [3.05, 3.63) is 114 Å². The Morgan fingerprint density at radius 1 is 0.889 bits per heavy atom. The van der Waals surface area contributed by atoms with Crippen LogP contribution in [0.3, 0.4) is 0 Å². The molecule has 0 spiro atoms. The molecule has 1 amide bonds. The summed E-state index contributed by atoms with van der Waals surface area (Å²) in [5, 5.41) is 15.3. The third kappa shape index (κ3) is 5.02. The largest absolute Gasteiger partial charge is 0.416 e. The molecular formula is C26H19F3N6O. The summed E-state index contributed by atoms with van der Waals surface area (Å²) in [6.45, 7) is 0.196. The number of para-hydroxylation sites is 1. The van der Waals surface area contributed by atoms with Crippen molar-refractivity contribution in [3.63, 3.8) is 0 Å². The van der Waals surface area contributed by atoms with Crippen LogP contribution in [0.1, 0.15) is 21.6 Å². The molecule has 5 rings (SSSR count). The van der Waals surface area contributed by atoms with Crippen molar-refractivity contribution < 1.29 is 18.0 Å². The highest BCUT2D eigenvalue weighted by Gasteiger charge is 2.30. The molecule has 0 aliphatic heterocycles. The van der Waals surface area contributed by atoms with Crippen molar-refractivity contribution in [1.82, 2.24) is 24.8 Å². The predicted molar refractivity (Wildman–Crippen MR) is 128 cm³/mol. The van der Waals surface area contributed by atoms with Crippen LogP contribution in [0.4, 0.5) is 19.0 Å². The SMILES string of the molecule is O=C(Nc1cn(Cc2ccc(C(F)(F)F)cc2)nn1)c1cc(-c2ccccc2)nn1-c1ccccc1. The molecule has 5 aromatic rings. The molecule has 0 saturated carbocycles. The Kier molecular flexibility index (Phi) is 6.07. The van der Waals surface area contributed by atoms with E-state index in [4.69, 9.17) is 0 Å². The smallest absolute Gasteiger partial charge is 0.302 e. The van der Waals surface area contributed by atoms with Gasteiger partial charge in [0.25, 0.3) is 5.91 Å². The van der Waals surface area contributed by atoms with Crippen LogP contribution in [-0.4, -0.2) is 30.7 Å². The number of nitrogens with zero attached hydrogens (tertiary/aromatic N) is 5. The van der Waals surface area contributed by atoms with Gasteiger partial charge in [-0.1, -0.05) is 65.9 Å². The van der Waals surface area contributed by atoms with Gasteiger partial charge in [0.2, 0.25) is 0 Å². The quantitative estimate of drug-likeness (QED) is 0.345. The van der Waals surface area contributed by atoms with E-state index in [0.717, 1.165) is 23.4 Å². The minimum atomic E-state index is -4.39. The van der Waals surface area contributed by atoms with Crippen LogP contribution in [0.25, 0.3) is 16.9 Å². The number of alkyl halides is 3. The lowest BCUT2D eigenvalue weighted by Crippen LogP contribution is -2.17. The zero-order chi connectivity index (χ0) is 25.1. The second kappa shape index (κ2) is 9.49. The molecule has 0 aliphatic rings. The second-order valence-electron chi connectivity index (χ2n) is 7.98. The van der Waals surface area contributed by atoms with E-state index in [1.807, 2.05) is 60.7 Å². The molecule has 0 radical (unpaired) electrons. The number of halogens is 3. The Hall–Kier alpha value is -4.73. The summed E-state index contributed by atoms with van der Waals surface area (Å²) in [7, 11) is 0. The van der Waals surface area contributed by atoms with Crippen LogP contribution in [0.2, 0.25) is 0 Å². The van der Waals surface area contributed by atoms with Gasteiger partial charge in [-0.05, 0) is 35.9 Å². The number of carbonyl (C=O) groups is 1. The number of nitrogens with one attached hydrogen (secondary N) is 1. The zero-order valence-corrected chi connectivity index (χ0v) is 18.7. The summed E-state index contributed by atoms with van der Waals surface area (Å²) in [5.74, 6) is -0.232. The molecule has 0 atom stereocenters. The summed E-state index contributed by atoms with van der Waals surface area (Å²) in [4.78, 5) is 13.2. The van der Waals surface area contributed by atoms with Gasteiger partial charge in [-0.3, -0.25) is 4.79 Å². The van der Waals surface area contributed by atoms with Crippen LogP contribution in [0.15, 0.2) is 97.2 Å². The van der Waals surface area contributed by atoms with Crippen molar-refractivity contribution in [2.75, 3.05) is 5.32 Å². The number of rotatable bonds is 6. The van der Waals surface area contributed by atoms with Gasteiger partial charge in [0, 0.05) is 5.56 Å². The first-order valence-electron chi connectivity index (χ1n) is 11.0. The summed E-state index contributed by atoms with van der Waals surface area (Å²) in [6, 6.07) is 25.3. The van der Waals surface area contributed by atoms with Gasteiger partial charge >= 0.3 is 6.18 Å². The molecule has 0 bridgehead atoms. The number of anilines is 1. The van der Waals surface area contributed by atoms with E-state index in [1.54, 1.807) is 10.7 Å². The first-order valence-corrected chi connectivity index (χ1v) is 11.0. The molecule has 1 N–H and O–H groups in total. The molecule has 7 nitrogen and oxygen atoms in total. The van der Waals surface area contributed by atoms with Crippen LogP contribution in [0, 0.1) is 0 Å². The van der Waals surface area contributed by atoms with Gasteiger partial charge in [0.05, 0.1) is 29.7 Å².